The van der Waals surface area contributed by atoms with E-state index in [2.05, 4.69) is 43.3 Å². The summed E-state index contributed by atoms with van der Waals surface area (Å²) in [6.07, 6.45) is 13.1. The van der Waals surface area contributed by atoms with Crippen molar-refractivity contribution < 1.29 is 0 Å². The first-order valence-corrected chi connectivity index (χ1v) is 10.1. The maximum Gasteiger partial charge on any atom is 0.00894 e. The van der Waals surface area contributed by atoms with Crippen molar-refractivity contribution >= 4 is 0 Å². The van der Waals surface area contributed by atoms with Crippen LogP contribution in [0.1, 0.15) is 84.7 Å². The highest BCUT2D eigenvalue weighted by molar-refractivity contribution is 5.42. The third-order valence-corrected chi connectivity index (χ3v) is 6.13. The molecule has 0 N–H and O–H groups in total. The number of hydrogen-bond acceptors (Lipinski definition) is 0. The topological polar surface area (TPSA) is 0 Å². The minimum atomic E-state index is 0.578. The van der Waals surface area contributed by atoms with Crippen LogP contribution in [0.4, 0.5) is 0 Å². The number of hydrogen-bond donors (Lipinski definition) is 0. The minimum Gasteiger partial charge on any atom is -0.0653 e. The van der Waals surface area contributed by atoms with Gasteiger partial charge in [-0.25, -0.2) is 0 Å². The number of fused-ring (bicyclic) bond motifs is 2. The Kier molecular flexibility index (Phi) is 4.74. The Morgan fingerprint density at radius 3 is 1.58 bits per heavy atom. The Balaban J connectivity index is 1.69. The summed E-state index contributed by atoms with van der Waals surface area (Å²) in [7, 11) is 0. The van der Waals surface area contributed by atoms with Crippen molar-refractivity contribution in [3.63, 3.8) is 0 Å². The smallest absolute Gasteiger partial charge is 0.00894 e. The van der Waals surface area contributed by atoms with Crippen molar-refractivity contribution in [3.05, 3.63) is 69.8 Å². The number of aryl methyl sites for hydroxylation is 4. The Hall–Kier alpha value is -1.56. The molecular weight excluding hydrogens is 288 g/mol. The molecule has 0 saturated carbocycles. The quantitative estimate of drug-likeness (QED) is 0.614. The highest BCUT2D eigenvalue weighted by Gasteiger charge is 2.18. The second-order valence-electron chi connectivity index (χ2n) is 7.81. The first-order valence-electron chi connectivity index (χ1n) is 10.1. The lowest BCUT2D eigenvalue weighted by Crippen LogP contribution is -2.08. The van der Waals surface area contributed by atoms with E-state index in [9.17, 15) is 0 Å². The van der Waals surface area contributed by atoms with Crippen LogP contribution in [0, 0.1) is 0 Å². The van der Waals surface area contributed by atoms with Crippen LogP contribution in [0.2, 0.25) is 0 Å². The highest BCUT2D eigenvalue weighted by Crippen LogP contribution is 2.34. The van der Waals surface area contributed by atoms with Gasteiger partial charge >= 0.3 is 0 Å². The predicted octanol–water partition coefficient (Wildman–Crippen LogP) is 6.38. The van der Waals surface area contributed by atoms with Crippen molar-refractivity contribution in [2.45, 2.75) is 77.0 Å². The zero-order chi connectivity index (χ0) is 16.4. The second kappa shape index (κ2) is 7.13. The van der Waals surface area contributed by atoms with Crippen molar-refractivity contribution in [3.8, 4) is 0 Å². The first-order chi connectivity index (χ1) is 11.8. The van der Waals surface area contributed by atoms with Crippen LogP contribution < -0.4 is 0 Å². The van der Waals surface area contributed by atoms with Crippen molar-refractivity contribution in [1.82, 2.24) is 0 Å². The van der Waals surface area contributed by atoms with Crippen LogP contribution in [0.3, 0.4) is 0 Å². The fraction of sp³-hybridized carbons (Fsp3) is 0.500. The van der Waals surface area contributed by atoms with Crippen LogP contribution in [-0.2, 0) is 25.7 Å². The fourth-order valence-electron chi connectivity index (χ4n) is 4.75. The average molecular weight is 319 g/mol. The molecule has 0 heteroatoms. The Morgan fingerprint density at radius 1 is 0.667 bits per heavy atom. The van der Waals surface area contributed by atoms with Crippen LogP contribution in [0.15, 0.2) is 36.4 Å². The van der Waals surface area contributed by atoms with Gasteiger partial charge in [0.1, 0.15) is 0 Å². The molecule has 2 aliphatic rings. The highest BCUT2D eigenvalue weighted by atomic mass is 14.2. The molecule has 126 valence electrons. The van der Waals surface area contributed by atoms with Crippen molar-refractivity contribution in [2.24, 2.45) is 0 Å². The maximum absolute atomic E-state index is 2.54. The number of rotatable bonds is 4. The molecule has 0 saturated heterocycles. The summed E-state index contributed by atoms with van der Waals surface area (Å²) in [5, 5.41) is 0. The molecule has 2 aromatic carbocycles. The molecule has 0 aromatic heterocycles. The van der Waals surface area contributed by atoms with Gasteiger partial charge in [0, 0.05) is 5.92 Å². The average Bonchev–Trinajstić information content (AvgIpc) is 2.65. The lowest BCUT2D eigenvalue weighted by atomic mass is 9.81. The van der Waals surface area contributed by atoms with Gasteiger partial charge < -0.3 is 0 Å². The molecular formula is C24H30. The zero-order valence-corrected chi connectivity index (χ0v) is 15.1. The molecule has 0 radical (unpaired) electrons. The molecule has 2 aliphatic carbocycles. The van der Waals surface area contributed by atoms with E-state index in [1.807, 2.05) is 0 Å². The largest absolute Gasteiger partial charge is 0.0653 e. The van der Waals surface area contributed by atoms with Gasteiger partial charge in [0.15, 0.2) is 0 Å². The summed E-state index contributed by atoms with van der Waals surface area (Å²) < 4.78 is 0. The Morgan fingerprint density at radius 2 is 1.12 bits per heavy atom. The molecule has 24 heavy (non-hydrogen) atoms. The summed E-state index contributed by atoms with van der Waals surface area (Å²) >= 11 is 0. The van der Waals surface area contributed by atoms with Gasteiger partial charge in [-0.05, 0) is 91.2 Å². The Labute approximate surface area is 147 Å². The van der Waals surface area contributed by atoms with E-state index in [1.165, 1.54) is 64.2 Å². The summed E-state index contributed by atoms with van der Waals surface area (Å²) in [6, 6.07) is 14.8. The molecule has 0 nitrogen and oxygen atoms in total. The Bertz CT molecular complexity index is 650. The van der Waals surface area contributed by atoms with E-state index in [0.717, 1.165) is 0 Å². The molecule has 0 atom stereocenters. The van der Waals surface area contributed by atoms with Gasteiger partial charge in [-0.2, -0.15) is 0 Å². The SMILES string of the molecule is CCCC(c1ccc2c(c1)CCCC2)c1ccc2c(c1)CCCC2. The zero-order valence-electron chi connectivity index (χ0n) is 15.1. The van der Waals surface area contributed by atoms with E-state index >= 15 is 0 Å². The first kappa shape index (κ1) is 15.9. The van der Waals surface area contributed by atoms with Gasteiger partial charge in [-0.1, -0.05) is 49.7 Å². The molecule has 0 bridgehead atoms. The lowest BCUT2D eigenvalue weighted by molar-refractivity contribution is 0.664. The van der Waals surface area contributed by atoms with Crippen molar-refractivity contribution in [1.29, 1.82) is 0 Å². The van der Waals surface area contributed by atoms with Gasteiger partial charge in [-0.3, -0.25) is 0 Å². The van der Waals surface area contributed by atoms with E-state index < -0.39 is 0 Å². The molecule has 0 heterocycles. The van der Waals surface area contributed by atoms with Crippen LogP contribution >= 0.6 is 0 Å². The van der Waals surface area contributed by atoms with E-state index in [-0.39, 0.29) is 0 Å². The molecule has 0 amide bonds. The van der Waals surface area contributed by atoms with Gasteiger partial charge in [0.25, 0.3) is 0 Å². The van der Waals surface area contributed by atoms with E-state index in [4.69, 9.17) is 0 Å². The molecule has 2 aromatic rings. The standard InChI is InChI=1S/C24H30/c1-2-7-24(22-14-12-18-8-3-5-10-20(18)16-22)23-15-13-19-9-4-6-11-21(19)17-23/h12-17,24H,2-11H2,1H3. The fourth-order valence-corrected chi connectivity index (χ4v) is 4.75. The number of benzene rings is 2. The summed E-state index contributed by atoms with van der Waals surface area (Å²) in [6.45, 7) is 2.32. The third-order valence-electron chi connectivity index (χ3n) is 6.13. The lowest BCUT2D eigenvalue weighted by Gasteiger charge is -2.24. The molecule has 0 fully saturated rings. The van der Waals surface area contributed by atoms with Gasteiger partial charge in [0.05, 0.1) is 0 Å². The maximum atomic E-state index is 2.54. The summed E-state index contributed by atoms with van der Waals surface area (Å²) in [5.74, 6) is 0.578. The van der Waals surface area contributed by atoms with Gasteiger partial charge in [0.2, 0.25) is 0 Å². The predicted molar refractivity (Wildman–Crippen MR) is 103 cm³/mol. The molecule has 0 aliphatic heterocycles. The molecule has 4 rings (SSSR count). The van der Waals surface area contributed by atoms with E-state index in [1.54, 1.807) is 33.4 Å². The van der Waals surface area contributed by atoms with Crippen LogP contribution in [-0.4, -0.2) is 0 Å². The second-order valence-corrected chi connectivity index (χ2v) is 7.81. The molecule has 0 spiro atoms. The van der Waals surface area contributed by atoms with Gasteiger partial charge in [-0.15, -0.1) is 0 Å². The normalized spacial score (nSPS) is 16.8. The van der Waals surface area contributed by atoms with E-state index in [0.29, 0.717) is 5.92 Å². The monoisotopic (exact) mass is 318 g/mol. The summed E-state index contributed by atoms with van der Waals surface area (Å²) in [5.41, 5.74) is 9.55. The molecule has 0 unspecified atom stereocenters. The minimum absolute atomic E-state index is 0.578. The van der Waals surface area contributed by atoms with Crippen LogP contribution in [0.5, 0.6) is 0 Å². The third kappa shape index (κ3) is 3.16. The van der Waals surface area contributed by atoms with Crippen LogP contribution in [0.25, 0.3) is 0 Å². The van der Waals surface area contributed by atoms with Crippen molar-refractivity contribution in [2.75, 3.05) is 0 Å². The summed E-state index contributed by atoms with van der Waals surface area (Å²) in [4.78, 5) is 0.